The summed E-state index contributed by atoms with van der Waals surface area (Å²) in [5.41, 5.74) is 1.71. The van der Waals surface area contributed by atoms with Crippen LogP contribution in [0.3, 0.4) is 0 Å². The van der Waals surface area contributed by atoms with E-state index in [-0.39, 0.29) is 5.54 Å². The third-order valence-corrected chi connectivity index (χ3v) is 2.84. The molecule has 0 heterocycles. The molecule has 0 fully saturated rings. The highest BCUT2D eigenvalue weighted by atomic mass is 15.2. The maximum atomic E-state index is 2.51. The zero-order valence-electron chi connectivity index (χ0n) is 10.5. The summed E-state index contributed by atoms with van der Waals surface area (Å²) in [7, 11) is 0. The van der Waals surface area contributed by atoms with Crippen molar-refractivity contribution < 1.29 is 0 Å². The molecule has 1 aromatic rings. The molecule has 0 N–H and O–H groups in total. The molecule has 1 heteroatoms. The summed E-state index contributed by atoms with van der Waals surface area (Å²) in [5, 5.41) is 0. The molecule has 0 amide bonds. The van der Waals surface area contributed by atoms with Gasteiger partial charge in [0.2, 0.25) is 0 Å². The summed E-state index contributed by atoms with van der Waals surface area (Å²) in [4.78, 5) is 2.51. The standard InChI is InChI=1S/C14H23N/c1-5-15(14(2,3)4)12-11-13-9-7-6-8-10-13/h6-10H,5,11-12H2,1-4H3. The Bertz CT molecular complexity index is 271. The van der Waals surface area contributed by atoms with Gasteiger partial charge in [-0.2, -0.15) is 0 Å². The Morgan fingerprint density at radius 3 is 2.13 bits per heavy atom. The Kier molecular flexibility index (Phi) is 4.34. The van der Waals surface area contributed by atoms with Gasteiger partial charge >= 0.3 is 0 Å². The van der Waals surface area contributed by atoms with Crippen LogP contribution < -0.4 is 0 Å². The molecule has 0 bridgehead atoms. The van der Waals surface area contributed by atoms with Gasteiger partial charge in [0, 0.05) is 12.1 Å². The van der Waals surface area contributed by atoms with Crippen molar-refractivity contribution in [3.63, 3.8) is 0 Å². The van der Waals surface area contributed by atoms with Gasteiger partial charge in [0.15, 0.2) is 0 Å². The molecule has 0 aromatic heterocycles. The predicted molar refractivity (Wildman–Crippen MR) is 67.1 cm³/mol. The van der Waals surface area contributed by atoms with E-state index >= 15 is 0 Å². The van der Waals surface area contributed by atoms with Crippen LogP contribution in [-0.2, 0) is 6.42 Å². The minimum absolute atomic E-state index is 0.281. The molecule has 0 unspecified atom stereocenters. The third kappa shape index (κ3) is 4.05. The Morgan fingerprint density at radius 1 is 1.07 bits per heavy atom. The van der Waals surface area contributed by atoms with E-state index in [1.54, 1.807) is 0 Å². The van der Waals surface area contributed by atoms with Crippen LogP contribution in [0.2, 0.25) is 0 Å². The number of hydrogen-bond acceptors (Lipinski definition) is 1. The van der Waals surface area contributed by atoms with Gasteiger partial charge in [-0.1, -0.05) is 37.3 Å². The van der Waals surface area contributed by atoms with E-state index in [4.69, 9.17) is 0 Å². The molecule has 1 aromatic carbocycles. The SMILES string of the molecule is CCN(CCc1ccccc1)C(C)(C)C. The van der Waals surface area contributed by atoms with Crippen molar-refractivity contribution in [2.75, 3.05) is 13.1 Å². The van der Waals surface area contributed by atoms with Crippen LogP contribution >= 0.6 is 0 Å². The first-order valence-corrected chi connectivity index (χ1v) is 5.83. The zero-order valence-corrected chi connectivity index (χ0v) is 10.5. The molecule has 0 aliphatic carbocycles. The van der Waals surface area contributed by atoms with Crippen LogP contribution in [0.25, 0.3) is 0 Å². The highest BCUT2D eigenvalue weighted by molar-refractivity contribution is 5.14. The lowest BCUT2D eigenvalue weighted by atomic mass is 10.0. The second kappa shape index (κ2) is 5.32. The van der Waals surface area contributed by atoms with E-state index in [9.17, 15) is 0 Å². The Morgan fingerprint density at radius 2 is 1.67 bits per heavy atom. The number of benzene rings is 1. The number of hydrogen-bond donors (Lipinski definition) is 0. The fourth-order valence-corrected chi connectivity index (χ4v) is 1.88. The molecular formula is C14H23N. The van der Waals surface area contributed by atoms with Crippen LogP contribution in [0.15, 0.2) is 30.3 Å². The summed E-state index contributed by atoms with van der Waals surface area (Å²) in [5.74, 6) is 0. The molecule has 0 radical (unpaired) electrons. The van der Waals surface area contributed by atoms with Crippen LogP contribution in [0.1, 0.15) is 33.3 Å². The van der Waals surface area contributed by atoms with Crippen molar-refractivity contribution in [2.24, 2.45) is 0 Å². The monoisotopic (exact) mass is 205 g/mol. The summed E-state index contributed by atoms with van der Waals surface area (Å²) < 4.78 is 0. The van der Waals surface area contributed by atoms with Gasteiger partial charge in [-0.05, 0) is 39.3 Å². The van der Waals surface area contributed by atoms with E-state index < -0.39 is 0 Å². The summed E-state index contributed by atoms with van der Waals surface area (Å²) in [6.45, 7) is 11.3. The Labute approximate surface area is 94.1 Å². The predicted octanol–water partition coefficient (Wildman–Crippen LogP) is 3.35. The van der Waals surface area contributed by atoms with E-state index in [2.05, 4.69) is 62.9 Å². The van der Waals surface area contributed by atoms with Gasteiger partial charge in [0.05, 0.1) is 0 Å². The maximum Gasteiger partial charge on any atom is 0.0125 e. The van der Waals surface area contributed by atoms with Gasteiger partial charge < -0.3 is 0 Å². The van der Waals surface area contributed by atoms with Crippen molar-refractivity contribution in [3.05, 3.63) is 35.9 Å². The Hall–Kier alpha value is -0.820. The molecule has 84 valence electrons. The van der Waals surface area contributed by atoms with Gasteiger partial charge in [0.1, 0.15) is 0 Å². The lowest BCUT2D eigenvalue weighted by Crippen LogP contribution is -2.42. The summed E-state index contributed by atoms with van der Waals surface area (Å²) in [6, 6.07) is 10.7. The largest absolute Gasteiger partial charge is 0.298 e. The summed E-state index contributed by atoms with van der Waals surface area (Å²) in [6.07, 6.45) is 1.14. The molecule has 0 saturated carbocycles. The third-order valence-electron chi connectivity index (χ3n) is 2.84. The van der Waals surface area contributed by atoms with Gasteiger partial charge in [0.25, 0.3) is 0 Å². The topological polar surface area (TPSA) is 3.24 Å². The number of rotatable bonds is 4. The first kappa shape index (κ1) is 12.3. The molecular weight excluding hydrogens is 182 g/mol. The lowest BCUT2D eigenvalue weighted by Gasteiger charge is -2.34. The molecule has 0 aliphatic heterocycles. The normalized spacial score (nSPS) is 12.1. The van der Waals surface area contributed by atoms with Crippen LogP contribution in [0.5, 0.6) is 0 Å². The molecule has 0 spiro atoms. The number of nitrogens with zero attached hydrogens (tertiary/aromatic N) is 1. The van der Waals surface area contributed by atoms with E-state index in [1.807, 2.05) is 0 Å². The quantitative estimate of drug-likeness (QED) is 0.728. The van der Waals surface area contributed by atoms with Crippen molar-refractivity contribution in [1.82, 2.24) is 4.90 Å². The first-order valence-electron chi connectivity index (χ1n) is 5.83. The number of likely N-dealkylation sites (N-methyl/N-ethyl adjacent to an activating group) is 1. The molecule has 1 nitrogen and oxygen atoms in total. The van der Waals surface area contributed by atoms with Crippen molar-refractivity contribution in [2.45, 2.75) is 39.7 Å². The Balaban J connectivity index is 2.49. The smallest absolute Gasteiger partial charge is 0.0125 e. The molecule has 0 aliphatic rings. The van der Waals surface area contributed by atoms with E-state index in [0.29, 0.717) is 0 Å². The highest BCUT2D eigenvalue weighted by Gasteiger charge is 2.18. The van der Waals surface area contributed by atoms with E-state index in [1.165, 1.54) is 5.56 Å². The second-order valence-corrected chi connectivity index (χ2v) is 4.99. The van der Waals surface area contributed by atoms with Gasteiger partial charge in [-0.3, -0.25) is 4.90 Å². The van der Waals surface area contributed by atoms with Crippen molar-refractivity contribution in [3.8, 4) is 0 Å². The average Bonchev–Trinajstić information content (AvgIpc) is 2.18. The highest BCUT2D eigenvalue weighted by Crippen LogP contribution is 2.13. The van der Waals surface area contributed by atoms with Crippen LogP contribution in [0.4, 0.5) is 0 Å². The van der Waals surface area contributed by atoms with E-state index in [0.717, 1.165) is 19.5 Å². The molecule has 1 rings (SSSR count). The first-order chi connectivity index (χ1) is 7.04. The minimum atomic E-state index is 0.281. The zero-order chi connectivity index (χ0) is 11.3. The average molecular weight is 205 g/mol. The lowest BCUT2D eigenvalue weighted by molar-refractivity contribution is 0.147. The minimum Gasteiger partial charge on any atom is -0.298 e. The van der Waals surface area contributed by atoms with Crippen molar-refractivity contribution in [1.29, 1.82) is 0 Å². The fourth-order valence-electron chi connectivity index (χ4n) is 1.88. The summed E-state index contributed by atoms with van der Waals surface area (Å²) >= 11 is 0. The van der Waals surface area contributed by atoms with Crippen molar-refractivity contribution >= 4 is 0 Å². The van der Waals surface area contributed by atoms with Crippen LogP contribution in [0, 0.1) is 0 Å². The van der Waals surface area contributed by atoms with Gasteiger partial charge in [-0.15, -0.1) is 0 Å². The second-order valence-electron chi connectivity index (χ2n) is 4.99. The van der Waals surface area contributed by atoms with Gasteiger partial charge in [-0.25, -0.2) is 0 Å². The molecule has 15 heavy (non-hydrogen) atoms. The fraction of sp³-hybridized carbons (Fsp3) is 0.571. The molecule has 0 atom stereocenters. The maximum absolute atomic E-state index is 2.51. The molecule has 0 saturated heterocycles. The van der Waals surface area contributed by atoms with Crippen LogP contribution in [-0.4, -0.2) is 23.5 Å².